The van der Waals surface area contributed by atoms with E-state index in [1.807, 2.05) is 35.2 Å². The number of anilines is 1. The molecule has 27 heavy (non-hydrogen) atoms. The van der Waals surface area contributed by atoms with Gasteiger partial charge in [0.05, 0.1) is 13.2 Å². The zero-order valence-corrected chi connectivity index (χ0v) is 16.1. The van der Waals surface area contributed by atoms with Gasteiger partial charge in [0.15, 0.2) is 0 Å². The third kappa shape index (κ3) is 5.73. The Labute approximate surface area is 162 Å². The van der Waals surface area contributed by atoms with Crippen molar-refractivity contribution in [1.29, 1.82) is 0 Å². The normalized spacial score (nSPS) is 14.8. The second-order valence-corrected chi connectivity index (χ2v) is 7.24. The van der Waals surface area contributed by atoms with Crippen LogP contribution in [0.1, 0.15) is 17.5 Å². The van der Waals surface area contributed by atoms with Crippen LogP contribution in [0.25, 0.3) is 0 Å². The van der Waals surface area contributed by atoms with E-state index in [4.69, 9.17) is 4.74 Å². The number of piperazine rings is 1. The predicted molar refractivity (Wildman–Crippen MR) is 103 cm³/mol. The van der Waals surface area contributed by atoms with Gasteiger partial charge in [0.2, 0.25) is 11.0 Å². The topological polar surface area (TPSA) is 87.7 Å². The number of nitrogens with zero attached hydrogens (tertiary/aromatic N) is 4. The molecule has 0 bridgehead atoms. The highest BCUT2D eigenvalue weighted by Gasteiger charge is 2.23. The molecule has 2 aromatic rings. The van der Waals surface area contributed by atoms with Gasteiger partial charge in [0.1, 0.15) is 5.01 Å². The standard InChI is InChI=1S/C18H23N5O3S/c1-2-26-18(25)23-10-8-22(9-11-23)13-15(24)19-17-21-20-16(27-17)12-14-6-4-3-5-7-14/h3-7H,2,8-13H2,1H3,(H,19,21,24). The van der Waals surface area contributed by atoms with Crippen molar-refractivity contribution in [1.82, 2.24) is 20.0 Å². The lowest BCUT2D eigenvalue weighted by Gasteiger charge is -2.33. The Bertz CT molecular complexity index is 759. The molecular weight excluding hydrogens is 366 g/mol. The largest absolute Gasteiger partial charge is 0.450 e. The van der Waals surface area contributed by atoms with Crippen molar-refractivity contribution < 1.29 is 14.3 Å². The van der Waals surface area contributed by atoms with Crippen LogP contribution in [0.4, 0.5) is 9.93 Å². The highest BCUT2D eigenvalue weighted by atomic mass is 32.1. The predicted octanol–water partition coefficient (Wildman–Crippen LogP) is 1.84. The third-order valence-corrected chi connectivity index (χ3v) is 5.02. The average molecular weight is 389 g/mol. The van der Waals surface area contributed by atoms with Gasteiger partial charge in [-0.2, -0.15) is 0 Å². The fourth-order valence-electron chi connectivity index (χ4n) is 2.81. The Hall–Kier alpha value is -2.52. The number of benzene rings is 1. The quantitative estimate of drug-likeness (QED) is 0.811. The third-order valence-electron chi connectivity index (χ3n) is 4.18. The number of aromatic nitrogens is 2. The lowest BCUT2D eigenvalue weighted by atomic mass is 10.2. The van der Waals surface area contributed by atoms with Crippen LogP contribution in [-0.2, 0) is 16.0 Å². The minimum atomic E-state index is -0.290. The number of hydrogen-bond acceptors (Lipinski definition) is 7. The summed E-state index contributed by atoms with van der Waals surface area (Å²) in [6, 6.07) is 10.0. The Morgan fingerprint density at radius 1 is 1.15 bits per heavy atom. The summed E-state index contributed by atoms with van der Waals surface area (Å²) >= 11 is 1.39. The number of nitrogens with one attached hydrogen (secondary N) is 1. The van der Waals surface area contributed by atoms with E-state index >= 15 is 0 Å². The van der Waals surface area contributed by atoms with E-state index in [9.17, 15) is 9.59 Å². The molecule has 144 valence electrons. The van der Waals surface area contributed by atoms with Gasteiger partial charge in [-0.05, 0) is 12.5 Å². The first-order valence-electron chi connectivity index (χ1n) is 8.94. The molecule has 1 aromatic heterocycles. The van der Waals surface area contributed by atoms with E-state index in [0.29, 0.717) is 44.3 Å². The van der Waals surface area contributed by atoms with Crippen LogP contribution in [0.15, 0.2) is 30.3 Å². The van der Waals surface area contributed by atoms with Gasteiger partial charge >= 0.3 is 6.09 Å². The van der Waals surface area contributed by atoms with Gasteiger partial charge in [-0.15, -0.1) is 10.2 Å². The van der Waals surface area contributed by atoms with Gasteiger partial charge in [0, 0.05) is 32.6 Å². The van der Waals surface area contributed by atoms with E-state index in [1.54, 1.807) is 11.8 Å². The van der Waals surface area contributed by atoms with Crippen molar-refractivity contribution in [3.63, 3.8) is 0 Å². The lowest BCUT2D eigenvalue weighted by Crippen LogP contribution is -2.50. The van der Waals surface area contributed by atoms with E-state index in [2.05, 4.69) is 15.5 Å². The summed E-state index contributed by atoms with van der Waals surface area (Å²) < 4.78 is 5.00. The second-order valence-electron chi connectivity index (χ2n) is 6.17. The first-order valence-corrected chi connectivity index (χ1v) is 9.76. The van der Waals surface area contributed by atoms with Crippen molar-refractivity contribution in [3.8, 4) is 0 Å². The van der Waals surface area contributed by atoms with Gasteiger partial charge in [0.25, 0.3) is 0 Å². The number of rotatable bonds is 6. The summed E-state index contributed by atoms with van der Waals surface area (Å²) in [5.41, 5.74) is 1.16. The fraction of sp³-hybridized carbons (Fsp3) is 0.444. The molecule has 0 radical (unpaired) electrons. The molecule has 1 aliphatic rings. The second kappa shape index (κ2) is 9.43. The molecule has 3 rings (SSSR count). The molecule has 1 N–H and O–H groups in total. The summed E-state index contributed by atoms with van der Waals surface area (Å²) in [6.07, 6.45) is 0.408. The Balaban J connectivity index is 1.43. The van der Waals surface area contributed by atoms with Gasteiger partial charge in [-0.1, -0.05) is 41.7 Å². The summed E-state index contributed by atoms with van der Waals surface area (Å²) in [6.45, 7) is 4.83. The molecule has 2 amide bonds. The van der Waals surface area contributed by atoms with E-state index in [0.717, 1.165) is 10.6 Å². The van der Waals surface area contributed by atoms with Crippen LogP contribution < -0.4 is 5.32 Å². The first kappa shape index (κ1) is 19.2. The highest BCUT2D eigenvalue weighted by molar-refractivity contribution is 7.15. The molecule has 0 aliphatic carbocycles. The maximum Gasteiger partial charge on any atom is 0.409 e. The van der Waals surface area contributed by atoms with Crippen LogP contribution in [0, 0.1) is 0 Å². The van der Waals surface area contributed by atoms with Crippen molar-refractivity contribution in [2.24, 2.45) is 0 Å². The SMILES string of the molecule is CCOC(=O)N1CCN(CC(=O)Nc2nnc(Cc3ccccc3)s2)CC1. The molecule has 0 saturated carbocycles. The minimum Gasteiger partial charge on any atom is -0.450 e. The molecule has 2 heterocycles. The number of carbonyl (C=O) groups is 2. The smallest absolute Gasteiger partial charge is 0.409 e. The van der Waals surface area contributed by atoms with Gasteiger partial charge in [-0.3, -0.25) is 15.0 Å². The van der Waals surface area contributed by atoms with Gasteiger partial charge < -0.3 is 9.64 Å². The zero-order valence-electron chi connectivity index (χ0n) is 15.3. The van der Waals surface area contributed by atoms with Crippen molar-refractivity contribution >= 4 is 28.5 Å². The molecule has 0 atom stereocenters. The average Bonchev–Trinajstić information content (AvgIpc) is 3.10. The van der Waals surface area contributed by atoms with Crippen LogP contribution >= 0.6 is 11.3 Å². The number of carbonyl (C=O) groups excluding carboxylic acids is 2. The maximum atomic E-state index is 12.2. The Kier molecular flexibility index (Phi) is 6.72. The minimum absolute atomic E-state index is 0.123. The molecule has 9 heteroatoms. The molecule has 8 nitrogen and oxygen atoms in total. The Morgan fingerprint density at radius 2 is 1.89 bits per heavy atom. The molecule has 1 fully saturated rings. The van der Waals surface area contributed by atoms with Crippen LogP contribution in [0.2, 0.25) is 0 Å². The Morgan fingerprint density at radius 3 is 2.59 bits per heavy atom. The van der Waals surface area contributed by atoms with Crippen LogP contribution in [0.5, 0.6) is 0 Å². The number of amides is 2. The molecule has 1 saturated heterocycles. The van der Waals surface area contributed by atoms with Gasteiger partial charge in [-0.25, -0.2) is 4.79 Å². The monoisotopic (exact) mass is 389 g/mol. The molecule has 0 unspecified atom stereocenters. The lowest BCUT2D eigenvalue weighted by molar-refractivity contribution is -0.117. The summed E-state index contributed by atoms with van der Waals surface area (Å²) in [5, 5.41) is 12.4. The summed E-state index contributed by atoms with van der Waals surface area (Å²) in [4.78, 5) is 27.6. The first-order chi connectivity index (χ1) is 13.1. The fourth-order valence-corrected chi connectivity index (χ4v) is 3.60. The summed E-state index contributed by atoms with van der Waals surface area (Å²) in [5.74, 6) is -0.123. The van der Waals surface area contributed by atoms with Crippen LogP contribution in [0.3, 0.4) is 0 Å². The van der Waals surface area contributed by atoms with Crippen LogP contribution in [-0.4, -0.2) is 71.3 Å². The molecule has 1 aliphatic heterocycles. The number of hydrogen-bond donors (Lipinski definition) is 1. The molecule has 1 aromatic carbocycles. The van der Waals surface area contributed by atoms with E-state index in [1.165, 1.54) is 11.3 Å². The van der Waals surface area contributed by atoms with Crippen molar-refractivity contribution in [2.45, 2.75) is 13.3 Å². The zero-order chi connectivity index (χ0) is 19.1. The summed E-state index contributed by atoms with van der Waals surface area (Å²) in [7, 11) is 0. The van der Waals surface area contributed by atoms with E-state index < -0.39 is 0 Å². The maximum absolute atomic E-state index is 12.2. The highest BCUT2D eigenvalue weighted by Crippen LogP contribution is 2.18. The number of ether oxygens (including phenoxy) is 1. The van der Waals surface area contributed by atoms with E-state index in [-0.39, 0.29) is 18.5 Å². The van der Waals surface area contributed by atoms with Crippen molar-refractivity contribution in [3.05, 3.63) is 40.9 Å². The van der Waals surface area contributed by atoms with Crippen molar-refractivity contribution in [2.75, 3.05) is 44.6 Å². The molecule has 0 spiro atoms. The molecular formula is C18H23N5O3S.